The number of ether oxygens (including phenoxy) is 1. The first kappa shape index (κ1) is 21.1. The molecular formula is C24H17Cl2NO4. The first-order valence-corrected chi connectivity index (χ1v) is 10.1. The van der Waals surface area contributed by atoms with Crippen LogP contribution in [0.4, 0.5) is 0 Å². The van der Waals surface area contributed by atoms with E-state index in [9.17, 15) is 15.0 Å². The molecule has 0 aliphatic carbocycles. The van der Waals surface area contributed by atoms with Crippen LogP contribution >= 0.6 is 23.2 Å². The van der Waals surface area contributed by atoms with Crippen molar-refractivity contribution in [2.75, 3.05) is 7.11 Å². The van der Waals surface area contributed by atoms with Gasteiger partial charge in [-0.2, -0.15) is 0 Å². The van der Waals surface area contributed by atoms with Gasteiger partial charge >= 0.3 is 5.97 Å². The fraction of sp³-hybridized carbons (Fsp3) is 0.0833. The number of aliphatic hydroxyl groups is 1. The second kappa shape index (κ2) is 8.19. The Morgan fingerprint density at radius 3 is 2.29 bits per heavy atom. The predicted molar refractivity (Wildman–Crippen MR) is 121 cm³/mol. The number of hydrogen-bond donors (Lipinski definition) is 2. The van der Waals surface area contributed by atoms with Crippen molar-refractivity contribution in [2.45, 2.75) is 5.60 Å². The molecule has 156 valence electrons. The summed E-state index contributed by atoms with van der Waals surface area (Å²) in [6, 6.07) is 19.9. The molecule has 31 heavy (non-hydrogen) atoms. The van der Waals surface area contributed by atoms with Crippen molar-refractivity contribution in [1.29, 1.82) is 0 Å². The molecule has 7 heteroatoms. The summed E-state index contributed by atoms with van der Waals surface area (Å²) in [5, 5.41) is 22.9. The molecule has 0 saturated heterocycles. The summed E-state index contributed by atoms with van der Waals surface area (Å²) in [4.78, 5) is 16.7. The van der Waals surface area contributed by atoms with Crippen LogP contribution in [0, 0.1) is 0 Å². The lowest BCUT2D eigenvalue weighted by molar-refractivity contribution is -0.155. The normalized spacial score (nSPS) is 13.0. The number of pyridine rings is 1. The third-order valence-corrected chi connectivity index (χ3v) is 5.61. The zero-order chi connectivity index (χ0) is 22.2. The van der Waals surface area contributed by atoms with E-state index in [1.54, 1.807) is 36.4 Å². The number of hydrogen-bond acceptors (Lipinski definition) is 4. The van der Waals surface area contributed by atoms with E-state index in [0.717, 1.165) is 11.1 Å². The Balaban J connectivity index is 1.99. The maximum Gasteiger partial charge on any atom is 0.345 e. The molecule has 3 aromatic carbocycles. The van der Waals surface area contributed by atoms with Gasteiger partial charge in [0.05, 0.1) is 12.6 Å². The summed E-state index contributed by atoms with van der Waals surface area (Å²) in [5.41, 5.74) is 0.238. The van der Waals surface area contributed by atoms with Crippen LogP contribution in [0.3, 0.4) is 0 Å². The summed E-state index contributed by atoms with van der Waals surface area (Å²) in [7, 11) is 1.52. The third kappa shape index (κ3) is 3.83. The van der Waals surface area contributed by atoms with Gasteiger partial charge in [-0.05, 0) is 53.1 Å². The maximum absolute atomic E-state index is 12.2. The average molecular weight is 454 g/mol. The Labute approximate surface area is 188 Å². The monoisotopic (exact) mass is 453 g/mol. The minimum Gasteiger partial charge on any atom is -0.481 e. The van der Waals surface area contributed by atoms with E-state index in [1.165, 1.54) is 31.4 Å². The number of fused-ring (bicyclic) bond motifs is 1. The Bertz CT molecular complexity index is 1290. The highest BCUT2D eigenvalue weighted by atomic mass is 35.5. The fourth-order valence-corrected chi connectivity index (χ4v) is 3.85. The molecule has 0 saturated carbocycles. The zero-order valence-electron chi connectivity index (χ0n) is 16.3. The summed E-state index contributed by atoms with van der Waals surface area (Å²) >= 11 is 12.1. The van der Waals surface area contributed by atoms with E-state index in [1.807, 2.05) is 12.1 Å². The Morgan fingerprint density at radius 1 is 0.935 bits per heavy atom. The number of halogens is 2. The topological polar surface area (TPSA) is 79.7 Å². The van der Waals surface area contributed by atoms with Gasteiger partial charge in [0, 0.05) is 27.1 Å². The van der Waals surface area contributed by atoms with Crippen LogP contribution < -0.4 is 4.74 Å². The number of nitrogens with zero attached hydrogens (tertiary/aromatic N) is 1. The number of carbonyl (C=O) groups is 1. The smallest absolute Gasteiger partial charge is 0.345 e. The molecule has 4 rings (SSSR count). The molecule has 2 N–H and O–H groups in total. The minimum atomic E-state index is -2.27. The summed E-state index contributed by atoms with van der Waals surface area (Å²) in [6.07, 6.45) is 0. The Morgan fingerprint density at radius 2 is 1.65 bits per heavy atom. The van der Waals surface area contributed by atoms with Gasteiger partial charge in [0.2, 0.25) is 11.5 Å². The van der Waals surface area contributed by atoms with Crippen molar-refractivity contribution in [1.82, 2.24) is 4.98 Å². The average Bonchev–Trinajstić information content (AvgIpc) is 2.77. The number of carboxylic acids is 1. The number of aliphatic carboxylic acids is 1. The van der Waals surface area contributed by atoms with Crippen LogP contribution in [0.25, 0.3) is 22.0 Å². The van der Waals surface area contributed by atoms with Gasteiger partial charge in [0.25, 0.3) is 0 Å². The van der Waals surface area contributed by atoms with E-state index in [4.69, 9.17) is 27.9 Å². The standard InChI is InChI=1S/C24H17Cl2NO4/c1-31-22-13-19(14-3-2-4-18(26)11-14)20-12-16(7-10-21(20)27-22)24(30,23(28)29)15-5-8-17(25)9-6-15/h2-13,30H,1H3,(H,28,29). The van der Waals surface area contributed by atoms with E-state index in [2.05, 4.69) is 4.98 Å². The molecule has 1 aromatic heterocycles. The van der Waals surface area contributed by atoms with Crippen LogP contribution in [0.5, 0.6) is 5.88 Å². The summed E-state index contributed by atoms with van der Waals surface area (Å²) in [5.74, 6) is -0.999. The molecule has 1 unspecified atom stereocenters. The molecule has 0 amide bonds. The highest BCUT2D eigenvalue weighted by Crippen LogP contribution is 2.37. The van der Waals surface area contributed by atoms with Crippen molar-refractivity contribution < 1.29 is 19.7 Å². The maximum atomic E-state index is 12.2. The summed E-state index contributed by atoms with van der Waals surface area (Å²) < 4.78 is 5.33. The van der Waals surface area contributed by atoms with Gasteiger partial charge in [-0.3, -0.25) is 0 Å². The number of benzene rings is 3. The fourth-order valence-electron chi connectivity index (χ4n) is 3.53. The van der Waals surface area contributed by atoms with Gasteiger partial charge < -0.3 is 14.9 Å². The van der Waals surface area contributed by atoms with E-state index in [-0.39, 0.29) is 11.1 Å². The van der Waals surface area contributed by atoms with E-state index in [0.29, 0.717) is 26.8 Å². The first-order valence-electron chi connectivity index (χ1n) is 9.30. The molecule has 0 radical (unpaired) electrons. The highest BCUT2D eigenvalue weighted by Gasteiger charge is 2.40. The second-order valence-electron chi connectivity index (χ2n) is 6.98. The van der Waals surface area contributed by atoms with Crippen molar-refractivity contribution >= 4 is 40.1 Å². The molecule has 0 aliphatic rings. The zero-order valence-corrected chi connectivity index (χ0v) is 17.9. The molecule has 5 nitrogen and oxygen atoms in total. The van der Waals surface area contributed by atoms with Gasteiger partial charge in [0.1, 0.15) is 0 Å². The van der Waals surface area contributed by atoms with E-state index < -0.39 is 11.6 Å². The van der Waals surface area contributed by atoms with Gasteiger partial charge in [-0.15, -0.1) is 0 Å². The number of methoxy groups -OCH3 is 1. The third-order valence-electron chi connectivity index (χ3n) is 5.12. The van der Waals surface area contributed by atoms with Crippen LogP contribution in [0.15, 0.2) is 72.8 Å². The molecular weight excluding hydrogens is 437 g/mol. The summed E-state index contributed by atoms with van der Waals surface area (Å²) in [6.45, 7) is 0. The Hall–Kier alpha value is -3.12. The van der Waals surface area contributed by atoms with Crippen LogP contribution in [-0.2, 0) is 10.4 Å². The van der Waals surface area contributed by atoms with Crippen LogP contribution in [0.2, 0.25) is 10.0 Å². The molecule has 1 heterocycles. The van der Waals surface area contributed by atoms with Crippen molar-refractivity contribution in [3.05, 3.63) is 94.0 Å². The molecule has 0 bridgehead atoms. The first-order chi connectivity index (χ1) is 14.8. The van der Waals surface area contributed by atoms with Gasteiger partial charge in [-0.25, -0.2) is 9.78 Å². The van der Waals surface area contributed by atoms with Crippen LogP contribution in [-0.4, -0.2) is 28.3 Å². The number of carboxylic acid groups (broad SMARTS) is 1. The highest BCUT2D eigenvalue weighted by molar-refractivity contribution is 6.31. The molecule has 4 aromatic rings. The Kier molecular flexibility index (Phi) is 5.58. The number of rotatable bonds is 5. The lowest BCUT2D eigenvalue weighted by Gasteiger charge is -2.25. The van der Waals surface area contributed by atoms with Gasteiger partial charge in [0.15, 0.2) is 0 Å². The van der Waals surface area contributed by atoms with E-state index >= 15 is 0 Å². The second-order valence-corrected chi connectivity index (χ2v) is 7.85. The minimum absolute atomic E-state index is 0.185. The molecule has 0 spiro atoms. The van der Waals surface area contributed by atoms with Gasteiger partial charge in [-0.1, -0.05) is 53.5 Å². The number of aromatic nitrogens is 1. The SMILES string of the molecule is COc1cc(-c2cccc(Cl)c2)c2cc(C(O)(C(=O)O)c3ccc(Cl)cc3)ccc2n1. The lowest BCUT2D eigenvalue weighted by atomic mass is 9.85. The lowest BCUT2D eigenvalue weighted by Crippen LogP contribution is -2.36. The molecule has 0 fully saturated rings. The van der Waals surface area contributed by atoms with Crippen molar-refractivity contribution in [3.8, 4) is 17.0 Å². The van der Waals surface area contributed by atoms with Crippen molar-refractivity contribution in [2.24, 2.45) is 0 Å². The quantitative estimate of drug-likeness (QED) is 0.414. The molecule has 1 atom stereocenters. The molecule has 0 aliphatic heterocycles. The largest absolute Gasteiger partial charge is 0.481 e. The van der Waals surface area contributed by atoms with Crippen LogP contribution in [0.1, 0.15) is 11.1 Å². The van der Waals surface area contributed by atoms with Crippen molar-refractivity contribution in [3.63, 3.8) is 0 Å². The predicted octanol–water partition coefficient (Wildman–Crippen LogP) is 5.54.